The minimum Gasteiger partial charge on any atom is -0.491 e. The number of nitrogens with zero attached hydrogens (tertiary/aromatic N) is 1. The maximum atomic E-state index is 12.0. The van der Waals surface area contributed by atoms with Crippen LogP contribution in [0.25, 0.3) is 0 Å². The summed E-state index contributed by atoms with van der Waals surface area (Å²) in [7, 11) is 0. The first-order chi connectivity index (χ1) is 11.7. The summed E-state index contributed by atoms with van der Waals surface area (Å²) >= 11 is 0. The average Bonchev–Trinajstić information content (AvgIpc) is 3.11. The van der Waals surface area contributed by atoms with Crippen molar-refractivity contribution in [3.8, 4) is 5.75 Å². The van der Waals surface area contributed by atoms with Crippen molar-refractivity contribution < 1.29 is 18.7 Å². The lowest BCUT2D eigenvalue weighted by molar-refractivity contribution is -0.0110. The largest absolute Gasteiger partial charge is 0.491 e. The quantitative estimate of drug-likeness (QED) is 0.843. The van der Waals surface area contributed by atoms with Crippen LogP contribution < -0.4 is 15.8 Å². The Morgan fingerprint density at radius 3 is 2.83 bits per heavy atom. The van der Waals surface area contributed by atoms with Gasteiger partial charge in [0.25, 0.3) is 5.91 Å². The molecule has 1 aliphatic rings. The van der Waals surface area contributed by atoms with Crippen LogP contribution in [0.4, 0.5) is 5.69 Å². The summed E-state index contributed by atoms with van der Waals surface area (Å²) in [6.07, 6.45) is 4.81. The highest BCUT2D eigenvalue weighted by Crippen LogP contribution is 2.19. The van der Waals surface area contributed by atoms with E-state index in [1.165, 1.54) is 12.7 Å². The van der Waals surface area contributed by atoms with Gasteiger partial charge in [0.05, 0.1) is 12.6 Å². The number of hydrogen-bond acceptors (Lipinski definition) is 6. The van der Waals surface area contributed by atoms with E-state index in [-0.39, 0.29) is 24.2 Å². The Morgan fingerprint density at radius 2 is 2.17 bits per heavy atom. The molecule has 1 atom stereocenters. The summed E-state index contributed by atoms with van der Waals surface area (Å²) in [5.41, 5.74) is 6.25. The topological polar surface area (TPSA) is 99.6 Å². The lowest BCUT2D eigenvalue weighted by Gasteiger charge is -2.22. The van der Waals surface area contributed by atoms with Crippen molar-refractivity contribution in [2.24, 2.45) is 5.73 Å². The number of hydrogen-bond donors (Lipinski definition) is 2. The van der Waals surface area contributed by atoms with Gasteiger partial charge in [0.15, 0.2) is 5.69 Å². The number of oxazole rings is 1. The molecule has 1 fully saturated rings. The number of carbonyl (C=O) groups is 1. The molecule has 0 aliphatic carbocycles. The fraction of sp³-hybridized carbons (Fsp3) is 0.412. The van der Waals surface area contributed by atoms with Crippen LogP contribution in [0.2, 0.25) is 0 Å². The molecule has 24 heavy (non-hydrogen) atoms. The minimum absolute atomic E-state index is 0.157. The molecule has 7 heteroatoms. The lowest BCUT2D eigenvalue weighted by atomic mass is 10.1. The predicted octanol–water partition coefficient (Wildman–Crippen LogP) is 2.33. The first kappa shape index (κ1) is 16.5. The normalized spacial score (nSPS) is 17.5. The fourth-order valence-corrected chi connectivity index (χ4v) is 2.47. The number of nitrogens with one attached hydrogen (secondary N) is 1. The number of aromatic nitrogens is 1. The highest BCUT2D eigenvalue weighted by atomic mass is 16.5. The summed E-state index contributed by atoms with van der Waals surface area (Å²) < 4.78 is 16.4. The number of amides is 1. The molecule has 0 saturated carbocycles. The summed E-state index contributed by atoms with van der Waals surface area (Å²) in [5.74, 6) is 0.727. The van der Waals surface area contributed by atoms with Crippen molar-refractivity contribution >= 4 is 11.6 Å². The molecule has 1 saturated heterocycles. The van der Waals surface area contributed by atoms with Crippen molar-refractivity contribution in [1.29, 1.82) is 0 Å². The lowest BCUT2D eigenvalue weighted by Crippen LogP contribution is -2.25. The number of ether oxygens (including phenoxy) is 2. The summed E-state index contributed by atoms with van der Waals surface area (Å²) in [6, 6.07) is 7.18. The van der Waals surface area contributed by atoms with Gasteiger partial charge >= 0.3 is 0 Å². The molecule has 1 aliphatic heterocycles. The van der Waals surface area contributed by atoms with Gasteiger partial charge in [0, 0.05) is 12.3 Å². The van der Waals surface area contributed by atoms with E-state index in [0.717, 1.165) is 25.2 Å². The number of nitrogens with two attached hydrogens (primary N) is 1. The summed E-state index contributed by atoms with van der Waals surface area (Å²) in [4.78, 5) is 16.0. The maximum absolute atomic E-state index is 12.0. The van der Waals surface area contributed by atoms with Gasteiger partial charge in [-0.25, -0.2) is 4.98 Å². The summed E-state index contributed by atoms with van der Waals surface area (Å²) in [6.45, 7) is 1.52. The van der Waals surface area contributed by atoms with E-state index in [0.29, 0.717) is 18.2 Å². The Kier molecular flexibility index (Phi) is 5.45. The Morgan fingerprint density at radius 1 is 1.33 bits per heavy atom. The van der Waals surface area contributed by atoms with Gasteiger partial charge in [-0.1, -0.05) is 0 Å². The summed E-state index contributed by atoms with van der Waals surface area (Å²) in [5, 5.41) is 2.75. The van der Waals surface area contributed by atoms with E-state index in [4.69, 9.17) is 19.6 Å². The zero-order valence-electron chi connectivity index (χ0n) is 13.4. The Labute approximate surface area is 140 Å². The van der Waals surface area contributed by atoms with E-state index in [2.05, 4.69) is 10.3 Å². The van der Waals surface area contributed by atoms with Crippen LogP contribution in [-0.2, 0) is 11.3 Å². The Hall–Kier alpha value is -2.38. The number of anilines is 1. The molecule has 0 radical (unpaired) electrons. The van der Waals surface area contributed by atoms with E-state index in [9.17, 15) is 4.79 Å². The molecule has 3 N–H and O–H groups in total. The molecule has 1 unspecified atom stereocenters. The molecule has 3 rings (SSSR count). The van der Waals surface area contributed by atoms with Crippen molar-refractivity contribution in [2.75, 3.05) is 18.5 Å². The minimum atomic E-state index is -0.345. The molecule has 1 aromatic carbocycles. The van der Waals surface area contributed by atoms with Crippen molar-refractivity contribution in [2.45, 2.75) is 31.9 Å². The van der Waals surface area contributed by atoms with Gasteiger partial charge in [-0.3, -0.25) is 4.79 Å². The molecule has 2 heterocycles. The third kappa shape index (κ3) is 4.33. The second-order valence-electron chi connectivity index (χ2n) is 5.61. The highest BCUT2D eigenvalue weighted by Gasteiger charge is 2.15. The molecule has 0 bridgehead atoms. The molecular weight excluding hydrogens is 310 g/mol. The molecule has 1 aromatic heterocycles. The van der Waals surface area contributed by atoms with Gasteiger partial charge in [0.1, 0.15) is 18.6 Å². The SMILES string of the molecule is NCc1nc(C(=O)Nc2ccc(OCC3CCCCO3)cc2)co1. The van der Waals surface area contributed by atoms with Crippen molar-refractivity contribution in [3.63, 3.8) is 0 Å². The first-order valence-electron chi connectivity index (χ1n) is 8.05. The second-order valence-corrected chi connectivity index (χ2v) is 5.61. The second kappa shape index (κ2) is 7.94. The van der Waals surface area contributed by atoms with Crippen LogP contribution in [0.1, 0.15) is 35.6 Å². The highest BCUT2D eigenvalue weighted by molar-refractivity contribution is 6.02. The molecule has 1 amide bonds. The van der Waals surface area contributed by atoms with Crippen LogP contribution in [0.5, 0.6) is 5.75 Å². The molecule has 7 nitrogen and oxygen atoms in total. The van der Waals surface area contributed by atoms with Crippen molar-refractivity contribution in [3.05, 3.63) is 42.1 Å². The van der Waals surface area contributed by atoms with E-state index in [1.807, 2.05) is 12.1 Å². The van der Waals surface area contributed by atoms with Crippen molar-refractivity contribution in [1.82, 2.24) is 4.98 Å². The molecule has 2 aromatic rings. The van der Waals surface area contributed by atoms with Gasteiger partial charge in [-0.2, -0.15) is 0 Å². The van der Waals surface area contributed by atoms with Crippen LogP contribution in [0.3, 0.4) is 0 Å². The fourth-order valence-electron chi connectivity index (χ4n) is 2.47. The zero-order valence-corrected chi connectivity index (χ0v) is 13.4. The van der Waals surface area contributed by atoms with Gasteiger partial charge in [-0.15, -0.1) is 0 Å². The maximum Gasteiger partial charge on any atom is 0.277 e. The van der Waals surface area contributed by atoms with Gasteiger partial charge < -0.3 is 24.9 Å². The van der Waals surface area contributed by atoms with E-state index < -0.39 is 0 Å². The molecule has 128 valence electrons. The third-order valence-corrected chi connectivity index (χ3v) is 3.78. The van der Waals surface area contributed by atoms with Crippen LogP contribution in [0, 0.1) is 0 Å². The number of carbonyl (C=O) groups excluding carboxylic acids is 1. The zero-order chi connectivity index (χ0) is 16.8. The molecular formula is C17H21N3O4. The van der Waals surface area contributed by atoms with Crippen LogP contribution >= 0.6 is 0 Å². The van der Waals surface area contributed by atoms with Gasteiger partial charge in [0.2, 0.25) is 5.89 Å². The third-order valence-electron chi connectivity index (χ3n) is 3.78. The predicted molar refractivity (Wildman–Crippen MR) is 87.9 cm³/mol. The average molecular weight is 331 g/mol. The van der Waals surface area contributed by atoms with E-state index in [1.54, 1.807) is 12.1 Å². The monoisotopic (exact) mass is 331 g/mol. The molecule has 0 spiro atoms. The van der Waals surface area contributed by atoms with Crippen LogP contribution in [-0.4, -0.2) is 30.2 Å². The first-order valence-corrected chi connectivity index (χ1v) is 8.05. The van der Waals surface area contributed by atoms with E-state index >= 15 is 0 Å². The Bertz CT molecular complexity index is 663. The number of rotatable bonds is 6. The standard InChI is InChI=1S/C17H21N3O4/c18-9-16-20-15(11-24-16)17(21)19-12-4-6-13(7-5-12)23-10-14-3-1-2-8-22-14/h4-7,11,14H,1-3,8-10,18H2,(H,19,21). The smallest absolute Gasteiger partial charge is 0.277 e. The Balaban J connectivity index is 1.51. The number of benzene rings is 1. The van der Waals surface area contributed by atoms with Crippen LogP contribution in [0.15, 0.2) is 34.9 Å². The van der Waals surface area contributed by atoms with Gasteiger partial charge in [-0.05, 0) is 43.5 Å².